The van der Waals surface area contributed by atoms with Gasteiger partial charge in [-0.3, -0.25) is 18.4 Å². The van der Waals surface area contributed by atoms with E-state index in [2.05, 4.69) is 41.5 Å². The predicted octanol–water partition coefficient (Wildman–Crippen LogP) is 11.6. The zero-order valence-corrected chi connectivity index (χ0v) is 38.6. The molecular formula is C48H65O10PSi. The highest BCUT2D eigenvalue weighted by atomic mass is 31.2. The molecule has 1 heterocycles. The van der Waals surface area contributed by atoms with Gasteiger partial charge in [0.15, 0.2) is 14.4 Å². The first-order valence-corrected chi connectivity index (χ1v) is 24.7. The van der Waals surface area contributed by atoms with E-state index in [0.717, 1.165) is 22.3 Å². The number of esters is 1. The number of benzene rings is 4. The summed E-state index contributed by atoms with van der Waals surface area (Å²) in [5.74, 6) is -0.536. The number of carbonyl (C=O) groups excluding carboxylic acids is 1. The third-order valence-corrected chi connectivity index (χ3v) is 18.4. The van der Waals surface area contributed by atoms with Crippen molar-refractivity contribution in [1.82, 2.24) is 0 Å². The average molecular weight is 861 g/mol. The largest absolute Gasteiger partial charge is 0.477 e. The molecule has 0 saturated carbocycles. The predicted molar refractivity (Wildman–Crippen MR) is 236 cm³/mol. The first-order chi connectivity index (χ1) is 28.6. The van der Waals surface area contributed by atoms with E-state index in [9.17, 15) is 4.79 Å². The van der Waals surface area contributed by atoms with Crippen LogP contribution in [0.5, 0.6) is 0 Å². The molecule has 1 saturated heterocycles. The van der Waals surface area contributed by atoms with E-state index >= 15 is 4.57 Å². The van der Waals surface area contributed by atoms with E-state index in [1.165, 1.54) is 0 Å². The monoisotopic (exact) mass is 860 g/mol. The van der Waals surface area contributed by atoms with Crippen LogP contribution in [0.4, 0.5) is 0 Å². The summed E-state index contributed by atoms with van der Waals surface area (Å²) in [4.78, 5) is 14.0. The SMILES string of the molecule is CC(C)[Si](OCC1OC(OP(=O)(OCc2ccccc2)OCc2ccccc2)C(OC(=O)C(C)(C)C)C(OCc2ccccc2)C1OCc1ccccc1)(C(C)C)C(C)C. The van der Waals surface area contributed by atoms with Crippen LogP contribution in [0.25, 0.3) is 0 Å². The fourth-order valence-electron chi connectivity index (χ4n) is 7.86. The van der Waals surface area contributed by atoms with Gasteiger partial charge in [0.2, 0.25) is 6.29 Å². The lowest BCUT2D eigenvalue weighted by Gasteiger charge is -2.48. The molecule has 0 amide bonds. The summed E-state index contributed by atoms with van der Waals surface area (Å²) < 4.78 is 67.8. The molecule has 4 aromatic rings. The normalized spacial score (nSPS) is 20.2. The van der Waals surface area contributed by atoms with Gasteiger partial charge in [-0.25, -0.2) is 4.57 Å². The van der Waals surface area contributed by atoms with Gasteiger partial charge in [-0.05, 0) is 59.6 Å². The Kier molecular flexibility index (Phi) is 17.5. The van der Waals surface area contributed by atoms with Crippen LogP contribution < -0.4 is 0 Å². The summed E-state index contributed by atoms with van der Waals surface area (Å²) >= 11 is 0. The summed E-state index contributed by atoms with van der Waals surface area (Å²) in [7, 11) is -6.96. The molecule has 5 rings (SSSR count). The highest BCUT2D eigenvalue weighted by Gasteiger charge is 2.55. The van der Waals surface area contributed by atoms with Crippen molar-refractivity contribution in [3.8, 4) is 0 Å². The molecule has 5 unspecified atom stereocenters. The van der Waals surface area contributed by atoms with Crippen LogP contribution in [0.15, 0.2) is 121 Å². The van der Waals surface area contributed by atoms with Gasteiger partial charge < -0.3 is 23.4 Å². The van der Waals surface area contributed by atoms with Crippen molar-refractivity contribution in [2.24, 2.45) is 5.41 Å². The zero-order chi connectivity index (χ0) is 43.3. The minimum atomic E-state index is -4.50. The Hall–Kier alpha value is -3.48. The minimum Gasteiger partial charge on any atom is -0.454 e. The molecule has 1 fully saturated rings. The molecule has 0 aliphatic carbocycles. The summed E-state index contributed by atoms with van der Waals surface area (Å²) in [6, 6.07) is 38.2. The van der Waals surface area contributed by atoms with Crippen LogP contribution in [0.2, 0.25) is 16.6 Å². The second kappa shape index (κ2) is 22.0. The number of phosphoric acid groups is 1. The van der Waals surface area contributed by atoms with Crippen molar-refractivity contribution < 1.29 is 46.3 Å². The van der Waals surface area contributed by atoms with E-state index in [-0.39, 0.29) is 49.7 Å². The van der Waals surface area contributed by atoms with Crippen LogP contribution in [0, 0.1) is 5.41 Å². The fourth-order valence-corrected chi connectivity index (χ4v) is 14.5. The number of hydrogen-bond acceptors (Lipinski definition) is 10. The van der Waals surface area contributed by atoms with Crippen molar-refractivity contribution in [3.05, 3.63) is 144 Å². The molecular weight excluding hydrogens is 796 g/mol. The molecule has 0 aromatic heterocycles. The average Bonchev–Trinajstić information content (AvgIpc) is 3.23. The second-order valence-electron chi connectivity index (χ2n) is 17.4. The fraction of sp³-hybridized carbons (Fsp3) is 0.479. The standard InChI is InChI=1S/C48H65O10PSi/c1-35(2)60(36(3)4,37(5)6)55-34-42-43(51-30-38-22-14-10-15-23-38)44(52-31-39-24-16-11-17-25-39)45(57-47(49)48(7,8)9)46(56-42)58-59(50,53-32-40-26-18-12-19-27-40)54-33-41-28-20-13-21-29-41/h10-29,35-37,42-46H,30-34H2,1-9H3. The lowest BCUT2D eigenvalue weighted by molar-refractivity contribution is -0.304. The molecule has 0 N–H and O–H groups in total. The van der Waals surface area contributed by atoms with Crippen LogP contribution in [-0.4, -0.2) is 51.6 Å². The molecule has 5 atom stereocenters. The molecule has 1 aliphatic heterocycles. The Labute approximate surface area is 358 Å². The maximum absolute atomic E-state index is 15.0. The Morgan fingerprint density at radius 2 is 0.983 bits per heavy atom. The maximum atomic E-state index is 15.0. The highest BCUT2D eigenvalue weighted by Crippen LogP contribution is 2.54. The molecule has 1 aliphatic rings. The summed E-state index contributed by atoms with van der Waals surface area (Å²) in [5, 5.41) is 0. The van der Waals surface area contributed by atoms with Gasteiger partial charge >= 0.3 is 13.8 Å². The lowest BCUT2D eigenvalue weighted by Crippen LogP contribution is -2.63. The molecule has 10 nitrogen and oxygen atoms in total. The Balaban J connectivity index is 1.61. The van der Waals surface area contributed by atoms with E-state index in [4.69, 9.17) is 36.9 Å². The minimum absolute atomic E-state index is 0.0827. The first kappa shape index (κ1) is 47.6. The van der Waals surface area contributed by atoms with Crippen molar-refractivity contribution >= 4 is 22.1 Å². The van der Waals surface area contributed by atoms with Crippen molar-refractivity contribution in [3.63, 3.8) is 0 Å². The molecule has 0 spiro atoms. The van der Waals surface area contributed by atoms with Gasteiger partial charge in [-0.2, -0.15) is 0 Å². The van der Waals surface area contributed by atoms with Gasteiger partial charge in [0.05, 0.1) is 38.4 Å². The quantitative estimate of drug-likeness (QED) is 0.0456. The van der Waals surface area contributed by atoms with Crippen LogP contribution >= 0.6 is 7.82 Å². The molecule has 4 aromatic carbocycles. The molecule has 12 heteroatoms. The number of ether oxygens (including phenoxy) is 4. The number of phosphoric ester groups is 1. The Morgan fingerprint density at radius 3 is 1.37 bits per heavy atom. The van der Waals surface area contributed by atoms with Crippen molar-refractivity contribution in [2.75, 3.05) is 6.61 Å². The van der Waals surface area contributed by atoms with Gasteiger partial charge in [-0.15, -0.1) is 0 Å². The maximum Gasteiger partial charge on any atom is 0.477 e. The van der Waals surface area contributed by atoms with Crippen LogP contribution in [0.3, 0.4) is 0 Å². The lowest BCUT2D eigenvalue weighted by atomic mass is 9.95. The molecule has 0 radical (unpaired) electrons. The van der Waals surface area contributed by atoms with Gasteiger partial charge in [-0.1, -0.05) is 163 Å². The van der Waals surface area contributed by atoms with E-state index in [1.54, 1.807) is 20.8 Å². The molecule has 0 bridgehead atoms. The van der Waals surface area contributed by atoms with Gasteiger partial charge in [0, 0.05) is 0 Å². The summed E-state index contributed by atoms with van der Waals surface area (Å²) in [5.41, 5.74) is 3.25. The topological polar surface area (TPSA) is 108 Å². The third kappa shape index (κ3) is 13.0. The number of rotatable bonds is 21. The van der Waals surface area contributed by atoms with Gasteiger partial charge in [0.25, 0.3) is 0 Å². The Bertz CT molecular complexity index is 1840. The van der Waals surface area contributed by atoms with E-state index in [0.29, 0.717) is 0 Å². The van der Waals surface area contributed by atoms with E-state index in [1.807, 2.05) is 121 Å². The van der Waals surface area contributed by atoms with E-state index < -0.39 is 58.2 Å². The Morgan fingerprint density at radius 1 is 0.600 bits per heavy atom. The zero-order valence-electron chi connectivity index (χ0n) is 36.7. The highest BCUT2D eigenvalue weighted by molar-refractivity contribution is 7.48. The smallest absolute Gasteiger partial charge is 0.454 e. The van der Waals surface area contributed by atoms with Crippen LogP contribution in [-0.2, 0) is 72.7 Å². The first-order valence-electron chi connectivity index (χ1n) is 21.1. The molecule has 326 valence electrons. The van der Waals surface area contributed by atoms with Crippen molar-refractivity contribution in [2.45, 2.75) is 136 Å². The third-order valence-electron chi connectivity index (χ3n) is 10.9. The summed E-state index contributed by atoms with van der Waals surface area (Å²) in [6.45, 7) is 18.9. The second-order valence-corrected chi connectivity index (χ2v) is 24.5. The van der Waals surface area contributed by atoms with Crippen molar-refractivity contribution in [1.29, 1.82) is 0 Å². The molecule has 60 heavy (non-hydrogen) atoms. The summed E-state index contributed by atoms with van der Waals surface area (Å²) in [6.07, 6.45) is -5.43. The number of carbonyl (C=O) groups is 1. The van der Waals surface area contributed by atoms with Crippen LogP contribution in [0.1, 0.15) is 84.6 Å². The van der Waals surface area contributed by atoms with Gasteiger partial charge in [0.1, 0.15) is 18.3 Å². The number of hydrogen-bond donors (Lipinski definition) is 0.